The predicted octanol–water partition coefficient (Wildman–Crippen LogP) is -0.707. The van der Waals surface area contributed by atoms with Gasteiger partial charge >= 0.3 is 5.97 Å². The van der Waals surface area contributed by atoms with Gasteiger partial charge in [0.1, 0.15) is 6.10 Å². The first-order chi connectivity index (χ1) is 4.83. The Bertz CT molecular complexity index is 102. The van der Waals surface area contributed by atoms with E-state index in [1.54, 1.807) is 0 Å². The molecule has 1 fully saturated rings. The largest absolute Gasteiger partial charge is 0.460 e. The van der Waals surface area contributed by atoms with Gasteiger partial charge in [0.05, 0.1) is 6.61 Å². The van der Waals surface area contributed by atoms with E-state index >= 15 is 0 Å². The van der Waals surface area contributed by atoms with Crippen molar-refractivity contribution >= 4 is 5.97 Å². The molecule has 1 aliphatic heterocycles. The average Bonchev–Trinajstić information content (AvgIpc) is 2.40. The zero-order valence-electron chi connectivity index (χ0n) is 5.91. The Morgan fingerprint density at radius 3 is 2.50 bits per heavy atom. The van der Waals surface area contributed by atoms with Crippen molar-refractivity contribution in [2.24, 2.45) is 0 Å². The summed E-state index contributed by atoms with van der Waals surface area (Å²) in [4.78, 5) is 10.3. The van der Waals surface area contributed by atoms with Crippen LogP contribution in [0.25, 0.3) is 0 Å². The fourth-order valence-corrected chi connectivity index (χ4v) is 0.711. The summed E-state index contributed by atoms with van der Waals surface area (Å²) in [6.07, 6.45) is 0.920. The maximum absolute atomic E-state index is 10.3. The first-order valence-corrected chi connectivity index (χ1v) is 3.08. The topological polar surface area (TPSA) is 66.8 Å². The molecule has 1 aliphatic rings. The quantitative estimate of drug-likeness (QED) is 0.482. The van der Waals surface area contributed by atoms with Crippen molar-refractivity contribution in [1.82, 2.24) is 0 Å². The molecule has 0 radical (unpaired) electrons. The first-order valence-electron chi connectivity index (χ1n) is 3.08. The molecule has 0 bridgehead atoms. The third-order valence-corrected chi connectivity index (χ3v) is 1.17. The van der Waals surface area contributed by atoms with Crippen molar-refractivity contribution in [3.8, 4) is 0 Å². The van der Waals surface area contributed by atoms with E-state index in [0.717, 1.165) is 7.11 Å². The SMILES string of the molecule is CO.O=C1CC[C@H](CO)O1. The molecule has 10 heavy (non-hydrogen) atoms. The third kappa shape index (κ3) is 2.80. The second kappa shape index (κ2) is 5.20. The van der Waals surface area contributed by atoms with E-state index in [0.29, 0.717) is 12.8 Å². The molecule has 0 aromatic rings. The van der Waals surface area contributed by atoms with E-state index in [2.05, 4.69) is 4.74 Å². The number of cyclic esters (lactones) is 1. The molecule has 4 nitrogen and oxygen atoms in total. The molecular formula is C6H12O4. The van der Waals surface area contributed by atoms with Crippen molar-refractivity contribution < 1.29 is 19.7 Å². The summed E-state index contributed by atoms with van der Waals surface area (Å²) < 4.78 is 4.62. The Hall–Kier alpha value is -0.610. The molecule has 0 aliphatic carbocycles. The molecule has 2 N–H and O–H groups in total. The molecule has 0 aromatic carbocycles. The minimum absolute atomic E-state index is 0.0360. The van der Waals surface area contributed by atoms with Crippen LogP contribution in [-0.4, -0.2) is 36.0 Å². The zero-order valence-corrected chi connectivity index (χ0v) is 5.91. The Kier molecular flexibility index (Phi) is 4.88. The van der Waals surface area contributed by atoms with Crippen LogP contribution in [-0.2, 0) is 9.53 Å². The van der Waals surface area contributed by atoms with Crippen LogP contribution in [0.3, 0.4) is 0 Å². The van der Waals surface area contributed by atoms with Gasteiger partial charge in [0.25, 0.3) is 0 Å². The number of ether oxygens (including phenoxy) is 1. The van der Waals surface area contributed by atoms with Gasteiger partial charge in [-0.1, -0.05) is 0 Å². The number of rotatable bonds is 1. The van der Waals surface area contributed by atoms with Crippen molar-refractivity contribution in [1.29, 1.82) is 0 Å². The van der Waals surface area contributed by atoms with Crippen LogP contribution in [0, 0.1) is 0 Å². The second-order valence-corrected chi connectivity index (χ2v) is 1.83. The Morgan fingerprint density at radius 2 is 2.30 bits per heavy atom. The maximum Gasteiger partial charge on any atom is 0.306 e. The Labute approximate surface area is 59.4 Å². The van der Waals surface area contributed by atoms with Gasteiger partial charge in [0.2, 0.25) is 0 Å². The third-order valence-electron chi connectivity index (χ3n) is 1.17. The molecule has 0 amide bonds. The van der Waals surface area contributed by atoms with Gasteiger partial charge in [0.15, 0.2) is 0 Å². The average molecular weight is 148 g/mol. The molecule has 0 unspecified atom stereocenters. The minimum atomic E-state index is -0.220. The van der Waals surface area contributed by atoms with E-state index in [1.807, 2.05) is 0 Å². The lowest BCUT2D eigenvalue weighted by Gasteiger charge is -2.01. The highest BCUT2D eigenvalue weighted by Crippen LogP contribution is 2.11. The molecule has 1 heterocycles. The number of hydrogen-bond acceptors (Lipinski definition) is 4. The van der Waals surface area contributed by atoms with Crippen LogP contribution >= 0.6 is 0 Å². The number of aliphatic hydroxyl groups excluding tert-OH is 2. The molecule has 0 aromatic heterocycles. The van der Waals surface area contributed by atoms with Crippen LogP contribution in [0.15, 0.2) is 0 Å². The van der Waals surface area contributed by atoms with E-state index < -0.39 is 0 Å². The van der Waals surface area contributed by atoms with Crippen LogP contribution in [0.5, 0.6) is 0 Å². The molecule has 1 saturated heterocycles. The zero-order chi connectivity index (χ0) is 7.98. The van der Waals surface area contributed by atoms with Gasteiger partial charge in [-0.3, -0.25) is 4.79 Å². The highest BCUT2D eigenvalue weighted by atomic mass is 16.6. The van der Waals surface area contributed by atoms with Crippen molar-refractivity contribution in [2.75, 3.05) is 13.7 Å². The number of esters is 1. The summed E-state index contributed by atoms with van der Waals surface area (Å²) in [7, 11) is 1.00. The van der Waals surface area contributed by atoms with E-state index in [4.69, 9.17) is 10.2 Å². The van der Waals surface area contributed by atoms with E-state index in [9.17, 15) is 4.79 Å². The van der Waals surface area contributed by atoms with Crippen molar-refractivity contribution in [2.45, 2.75) is 18.9 Å². The number of aliphatic hydroxyl groups is 2. The highest BCUT2D eigenvalue weighted by Gasteiger charge is 2.21. The predicted molar refractivity (Wildman–Crippen MR) is 34.3 cm³/mol. The highest BCUT2D eigenvalue weighted by molar-refractivity contribution is 5.71. The minimum Gasteiger partial charge on any atom is -0.460 e. The first kappa shape index (κ1) is 9.39. The maximum atomic E-state index is 10.3. The second-order valence-electron chi connectivity index (χ2n) is 1.83. The van der Waals surface area contributed by atoms with Crippen molar-refractivity contribution in [3.05, 3.63) is 0 Å². The molecule has 60 valence electrons. The summed E-state index contributed by atoms with van der Waals surface area (Å²) in [6.45, 7) is -0.0360. The van der Waals surface area contributed by atoms with Crippen LogP contribution in [0.2, 0.25) is 0 Å². The van der Waals surface area contributed by atoms with Gasteiger partial charge in [-0.2, -0.15) is 0 Å². The summed E-state index contributed by atoms with van der Waals surface area (Å²) in [6, 6.07) is 0. The lowest BCUT2D eigenvalue weighted by Crippen LogP contribution is -2.10. The lowest BCUT2D eigenvalue weighted by molar-refractivity contribution is -0.142. The number of hydrogen-bond donors (Lipinski definition) is 2. The molecule has 1 atom stereocenters. The standard InChI is InChI=1S/C5H8O3.CH4O/c6-3-4-1-2-5(7)8-4;1-2/h4,6H,1-3H2;2H,1H3/t4-;/m1./s1. The summed E-state index contributed by atoms with van der Waals surface area (Å²) in [5.41, 5.74) is 0. The van der Waals surface area contributed by atoms with Gasteiger partial charge in [-0.15, -0.1) is 0 Å². The number of carbonyl (C=O) groups excluding carboxylic acids is 1. The summed E-state index contributed by atoms with van der Waals surface area (Å²) in [5, 5.41) is 15.4. The Morgan fingerprint density at radius 1 is 1.70 bits per heavy atom. The Balaban J connectivity index is 0.000000371. The molecule has 1 rings (SSSR count). The molecular weight excluding hydrogens is 136 g/mol. The monoisotopic (exact) mass is 148 g/mol. The smallest absolute Gasteiger partial charge is 0.306 e. The van der Waals surface area contributed by atoms with Crippen LogP contribution in [0.4, 0.5) is 0 Å². The molecule has 4 heteroatoms. The van der Waals surface area contributed by atoms with E-state index in [1.165, 1.54) is 0 Å². The van der Waals surface area contributed by atoms with Gasteiger partial charge < -0.3 is 14.9 Å². The lowest BCUT2D eigenvalue weighted by atomic mass is 10.2. The van der Waals surface area contributed by atoms with Gasteiger partial charge in [-0.25, -0.2) is 0 Å². The van der Waals surface area contributed by atoms with Gasteiger partial charge in [0, 0.05) is 13.5 Å². The van der Waals surface area contributed by atoms with Gasteiger partial charge in [-0.05, 0) is 6.42 Å². The summed E-state index contributed by atoms with van der Waals surface area (Å²) >= 11 is 0. The number of carbonyl (C=O) groups is 1. The summed E-state index contributed by atoms with van der Waals surface area (Å²) in [5.74, 6) is -0.191. The van der Waals surface area contributed by atoms with Crippen LogP contribution < -0.4 is 0 Å². The fourth-order valence-electron chi connectivity index (χ4n) is 0.711. The fraction of sp³-hybridized carbons (Fsp3) is 0.833. The molecule has 0 spiro atoms. The molecule has 0 saturated carbocycles. The van der Waals surface area contributed by atoms with Crippen molar-refractivity contribution in [3.63, 3.8) is 0 Å². The normalized spacial score (nSPS) is 23.1. The van der Waals surface area contributed by atoms with E-state index in [-0.39, 0.29) is 18.7 Å². The van der Waals surface area contributed by atoms with Crippen LogP contribution in [0.1, 0.15) is 12.8 Å².